The van der Waals surface area contributed by atoms with E-state index in [0.29, 0.717) is 4.47 Å². The van der Waals surface area contributed by atoms with E-state index in [4.69, 9.17) is 16.9 Å². The molecule has 0 aliphatic rings. The lowest BCUT2D eigenvalue weighted by atomic mass is 10.4. The van der Waals surface area contributed by atoms with Crippen LogP contribution in [0.15, 0.2) is 27.6 Å². The Hall–Kier alpha value is -0.610. The van der Waals surface area contributed by atoms with Crippen molar-refractivity contribution in [3.05, 3.63) is 27.7 Å². The summed E-state index contributed by atoms with van der Waals surface area (Å²) in [6.45, 7) is 1.70. The van der Waals surface area contributed by atoms with Crippen LogP contribution in [0.2, 0.25) is 5.02 Å². The predicted octanol–water partition coefficient (Wildman–Crippen LogP) is 2.64. The molecule has 0 unspecified atom stereocenters. The molecule has 0 atom stereocenters. The van der Waals surface area contributed by atoms with Crippen LogP contribution >= 0.6 is 27.5 Å². The lowest BCUT2D eigenvalue weighted by Gasteiger charge is -2.17. The molecule has 0 bridgehead atoms. The number of benzene rings is 1. The summed E-state index contributed by atoms with van der Waals surface area (Å²) in [6, 6.07) is 6.34. The summed E-state index contributed by atoms with van der Waals surface area (Å²) in [5.41, 5.74) is 0. The summed E-state index contributed by atoms with van der Waals surface area (Å²) in [6.07, 6.45) is 0. The molecule has 0 amide bonds. The van der Waals surface area contributed by atoms with Gasteiger partial charge in [-0.25, -0.2) is 8.42 Å². The van der Waals surface area contributed by atoms with Crippen molar-refractivity contribution in [3.63, 3.8) is 0 Å². The van der Waals surface area contributed by atoms with Gasteiger partial charge in [0.05, 0.1) is 11.1 Å². The largest absolute Gasteiger partial charge is 0.245 e. The Morgan fingerprint density at radius 1 is 1.53 bits per heavy atom. The van der Waals surface area contributed by atoms with Crippen LogP contribution in [0.1, 0.15) is 6.92 Å². The van der Waals surface area contributed by atoms with Crippen LogP contribution in [0.3, 0.4) is 0 Å². The molecule has 0 N–H and O–H groups in total. The summed E-state index contributed by atoms with van der Waals surface area (Å²) in [7, 11) is -3.70. The Morgan fingerprint density at radius 3 is 2.65 bits per heavy atom. The van der Waals surface area contributed by atoms with E-state index in [2.05, 4.69) is 15.9 Å². The van der Waals surface area contributed by atoms with Crippen LogP contribution in [0.5, 0.6) is 0 Å². The Kier molecular flexibility index (Phi) is 4.95. The van der Waals surface area contributed by atoms with Gasteiger partial charge in [-0.3, -0.25) is 0 Å². The SMILES string of the molecule is CCN(CC#N)S(=O)(=O)c1ccc(Br)cc1Cl. The van der Waals surface area contributed by atoms with Crippen LogP contribution in [0, 0.1) is 11.3 Å². The number of hydrogen-bond acceptors (Lipinski definition) is 3. The highest BCUT2D eigenvalue weighted by atomic mass is 79.9. The number of rotatable bonds is 4. The molecule has 1 aromatic rings. The third kappa shape index (κ3) is 3.19. The Morgan fingerprint density at radius 2 is 2.18 bits per heavy atom. The summed E-state index contributed by atoms with van der Waals surface area (Å²) in [4.78, 5) is 0.0134. The first-order chi connectivity index (χ1) is 7.93. The molecule has 0 aliphatic carbocycles. The van der Waals surface area contributed by atoms with E-state index in [1.165, 1.54) is 12.1 Å². The maximum atomic E-state index is 12.2. The van der Waals surface area contributed by atoms with Gasteiger partial charge < -0.3 is 0 Å². The second kappa shape index (κ2) is 5.83. The van der Waals surface area contributed by atoms with Crippen LogP contribution in [-0.2, 0) is 10.0 Å². The number of halogens is 2. The molecule has 0 aromatic heterocycles. The molecule has 0 spiro atoms. The Labute approximate surface area is 114 Å². The molecule has 0 saturated heterocycles. The molecule has 1 aromatic carbocycles. The summed E-state index contributed by atoms with van der Waals surface area (Å²) in [5, 5.41) is 8.73. The van der Waals surface area contributed by atoms with Crippen LogP contribution < -0.4 is 0 Å². The van der Waals surface area contributed by atoms with E-state index in [1.54, 1.807) is 13.0 Å². The highest BCUT2D eigenvalue weighted by molar-refractivity contribution is 9.10. The molecule has 0 heterocycles. The topological polar surface area (TPSA) is 61.2 Å². The van der Waals surface area contributed by atoms with E-state index in [0.717, 1.165) is 4.31 Å². The van der Waals surface area contributed by atoms with Crippen LogP contribution in [0.25, 0.3) is 0 Å². The molecule has 0 radical (unpaired) electrons. The lowest BCUT2D eigenvalue weighted by Crippen LogP contribution is -2.31. The van der Waals surface area contributed by atoms with Gasteiger partial charge in [-0.1, -0.05) is 34.5 Å². The van der Waals surface area contributed by atoms with Crippen LogP contribution in [0.4, 0.5) is 0 Å². The van der Waals surface area contributed by atoms with E-state index in [9.17, 15) is 8.42 Å². The van der Waals surface area contributed by atoms with E-state index in [1.807, 2.05) is 6.07 Å². The first-order valence-corrected chi connectivity index (χ1v) is 7.36. The summed E-state index contributed by atoms with van der Waals surface area (Å²) in [5.74, 6) is 0. The van der Waals surface area contributed by atoms with E-state index >= 15 is 0 Å². The molecular weight excluding hydrogens is 328 g/mol. The summed E-state index contributed by atoms with van der Waals surface area (Å²) >= 11 is 9.10. The number of nitrogens with zero attached hydrogens (tertiary/aromatic N) is 2. The maximum absolute atomic E-state index is 12.2. The van der Waals surface area contributed by atoms with Gasteiger partial charge in [-0.05, 0) is 18.2 Å². The van der Waals surface area contributed by atoms with Crippen molar-refractivity contribution in [1.29, 1.82) is 5.26 Å². The first-order valence-electron chi connectivity index (χ1n) is 4.75. The van der Waals surface area contributed by atoms with E-state index in [-0.39, 0.29) is 23.0 Å². The molecule has 4 nitrogen and oxygen atoms in total. The monoisotopic (exact) mass is 336 g/mol. The van der Waals surface area contributed by atoms with Crippen molar-refractivity contribution in [3.8, 4) is 6.07 Å². The minimum absolute atomic E-state index is 0.0134. The maximum Gasteiger partial charge on any atom is 0.245 e. The molecule has 0 aliphatic heterocycles. The highest BCUT2D eigenvalue weighted by Crippen LogP contribution is 2.27. The third-order valence-electron chi connectivity index (χ3n) is 2.11. The van der Waals surface area contributed by atoms with Gasteiger partial charge in [0.25, 0.3) is 0 Å². The average molecular weight is 338 g/mol. The fourth-order valence-corrected chi connectivity index (χ4v) is 3.63. The van der Waals surface area contributed by atoms with E-state index < -0.39 is 10.0 Å². The molecule has 0 fully saturated rings. The number of hydrogen-bond donors (Lipinski definition) is 0. The smallest absolute Gasteiger partial charge is 0.207 e. The zero-order valence-corrected chi connectivity index (χ0v) is 12.2. The average Bonchev–Trinajstić information content (AvgIpc) is 2.24. The fraction of sp³-hybridized carbons (Fsp3) is 0.300. The summed E-state index contributed by atoms with van der Waals surface area (Å²) < 4.78 is 26.1. The molecule has 92 valence electrons. The second-order valence-corrected chi connectivity index (χ2v) is 6.39. The van der Waals surface area contributed by atoms with Crippen molar-refractivity contribution >= 4 is 37.6 Å². The Balaban J connectivity index is 3.26. The van der Waals surface area contributed by atoms with Crippen LogP contribution in [-0.4, -0.2) is 25.8 Å². The third-order valence-corrected chi connectivity index (χ3v) is 5.01. The molecule has 1 rings (SSSR count). The minimum Gasteiger partial charge on any atom is -0.207 e. The number of sulfonamides is 1. The van der Waals surface area contributed by atoms with Gasteiger partial charge in [-0.2, -0.15) is 9.57 Å². The molecule has 17 heavy (non-hydrogen) atoms. The molecular formula is C10H10BrClN2O2S. The molecule has 7 heteroatoms. The second-order valence-electron chi connectivity index (χ2n) is 3.16. The quantitative estimate of drug-likeness (QED) is 0.794. The van der Waals surface area contributed by atoms with Gasteiger partial charge in [-0.15, -0.1) is 0 Å². The van der Waals surface area contributed by atoms with Gasteiger partial charge in [0.2, 0.25) is 10.0 Å². The van der Waals surface area contributed by atoms with Crippen molar-refractivity contribution < 1.29 is 8.42 Å². The zero-order chi connectivity index (χ0) is 13.1. The van der Waals surface area contributed by atoms with Crippen molar-refractivity contribution in [1.82, 2.24) is 4.31 Å². The van der Waals surface area contributed by atoms with Gasteiger partial charge in [0.1, 0.15) is 11.4 Å². The predicted molar refractivity (Wildman–Crippen MR) is 69.2 cm³/mol. The van der Waals surface area contributed by atoms with Gasteiger partial charge >= 0.3 is 0 Å². The normalized spacial score (nSPS) is 11.5. The Bertz CT molecular complexity index is 554. The fourth-order valence-electron chi connectivity index (χ4n) is 1.27. The standard InChI is InChI=1S/C10H10BrClN2O2S/c1-2-14(6-5-13)17(15,16)10-4-3-8(11)7-9(10)12/h3-4,7H,2,6H2,1H3. The highest BCUT2D eigenvalue weighted by Gasteiger charge is 2.25. The van der Waals surface area contributed by atoms with Crippen molar-refractivity contribution in [2.75, 3.05) is 13.1 Å². The number of nitriles is 1. The van der Waals surface area contributed by atoms with Crippen molar-refractivity contribution in [2.24, 2.45) is 0 Å². The zero-order valence-electron chi connectivity index (χ0n) is 9.02. The van der Waals surface area contributed by atoms with Crippen molar-refractivity contribution in [2.45, 2.75) is 11.8 Å². The molecule has 0 saturated carbocycles. The minimum atomic E-state index is -3.70. The van der Waals surface area contributed by atoms with Gasteiger partial charge in [0.15, 0.2) is 0 Å². The lowest BCUT2D eigenvalue weighted by molar-refractivity contribution is 0.462. The van der Waals surface area contributed by atoms with Gasteiger partial charge in [0, 0.05) is 11.0 Å². The first kappa shape index (κ1) is 14.5.